The van der Waals surface area contributed by atoms with E-state index < -0.39 is 23.3 Å². The van der Waals surface area contributed by atoms with Crippen molar-refractivity contribution in [3.8, 4) is 5.75 Å². The lowest BCUT2D eigenvalue weighted by molar-refractivity contribution is -0.145. The maximum Gasteiger partial charge on any atom is 0.443 e. The summed E-state index contributed by atoms with van der Waals surface area (Å²) in [5, 5.41) is 0.581. The molecule has 2 heterocycles. The fourth-order valence-electron chi connectivity index (χ4n) is 3.35. The Morgan fingerprint density at radius 3 is 2.74 bits per heavy atom. The minimum Gasteiger partial charge on any atom is -0.482 e. The predicted molar refractivity (Wildman–Crippen MR) is 109 cm³/mol. The number of hydrogen-bond acceptors (Lipinski definition) is 7. The number of rotatable bonds is 8. The van der Waals surface area contributed by atoms with Crippen LogP contribution in [-0.2, 0) is 26.9 Å². The van der Waals surface area contributed by atoms with E-state index in [1.165, 1.54) is 5.38 Å². The van der Waals surface area contributed by atoms with Crippen LogP contribution in [0.15, 0.2) is 29.6 Å². The molecular formula is C21H25F3N2O4S. The topological polar surface area (TPSA) is 60.9 Å². The Kier molecular flexibility index (Phi) is 7.90. The van der Waals surface area contributed by atoms with Crippen molar-refractivity contribution >= 4 is 17.3 Å². The lowest BCUT2D eigenvalue weighted by atomic mass is 10.0. The molecule has 3 rings (SSSR count). The Labute approximate surface area is 182 Å². The summed E-state index contributed by atoms with van der Waals surface area (Å²) in [6.45, 7) is 5.63. The van der Waals surface area contributed by atoms with E-state index in [0.29, 0.717) is 49.1 Å². The SMILES string of the molecule is CCOC(=O)COc1ccc(CC(C)N2CCOC(c3csc(C(F)(F)F)n3)C2)cc1. The van der Waals surface area contributed by atoms with Crippen LogP contribution in [0.3, 0.4) is 0 Å². The minimum absolute atomic E-state index is 0.134. The quantitative estimate of drug-likeness (QED) is 0.555. The summed E-state index contributed by atoms with van der Waals surface area (Å²) < 4.78 is 54.4. The van der Waals surface area contributed by atoms with Gasteiger partial charge in [-0.25, -0.2) is 9.78 Å². The van der Waals surface area contributed by atoms with Crippen LogP contribution in [0.1, 0.15) is 36.2 Å². The zero-order valence-corrected chi connectivity index (χ0v) is 18.2. The molecular weight excluding hydrogens is 433 g/mol. The summed E-state index contributed by atoms with van der Waals surface area (Å²) in [6.07, 6.45) is -4.14. The van der Waals surface area contributed by atoms with Gasteiger partial charge in [0.15, 0.2) is 11.6 Å². The minimum atomic E-state index is -4.43. The molecule has 6 nitrogen and oxygen atoms in total. The van der Waals surface area contributed by atoms with Crippen molar-refractivity contribution in [1.82, 2.24) is 9.88 Å². The van der Waals surface area contributed by atoms with Crippen molar-refractivity contribution in [2.75, 3.05) is 32.9 Å². The highest BCUT2D eigenvalue weighted by atomic mass is 32.1. The summed E-state index contributed by atoms with van der Waals surface area (Å²) in [5.41, 5.74) is 1.42. The van der Waals surface area contributed by atoms with Gasteiger partial charge in [-0.2, -0.15) is 13.2 Å². The van der Waals surface area contributed by atoms with E-state index in [1.807, 2.05) is 12.1 Å². The third-order valence-electron chi connectivity index (χ3n) is 4.93. The molecule has 0 bridgehead atoms. The van der Waals surface area contributed by atoms with Gasteiger partial charge in [-0.1, -0.05) is 12.1 Å². The first-order valence-electron chi connectivity index (χ1n) is 10.0. The maximum atomic E-state index is 12.8. The van der Waals surface area contributed by atoms with Crippen molar-refractivity contribution in [3.05, 3.63) is 45.9 Å². The van der Waals surface area contributed by atoms with Gasteiger partial charge in [0.25, 0.3) is 0 Å². The third-order valence-corrected chi connectivity index (χ3v) is 5.84. The van der Waals surface area contributed by atoms with E-state index in [2.05, 4.69) is 16.8 Å². The number of nitrogens with zero attached hydrogens (tertiary/aromatic N) is 2. The Morgan fingerprint density at radius 1 is 1.35 bits per heavy atom. The van der Waals surface area contributed by atoms with Crippen molar-refractivity contribution in [2.24, 2.45) is 0 Å². The van der Waals surface area contributed by atoms with E-state index in [-0.39, 0.29) is 12.6 Å². The van der Waals surface area contributed by atoms with Crippen LogP contribution >= 0.6 is 11.3 Å². The van der Waals surface area contributed by atoms with Gasteiger partial charge >= 0.3 is 12.1 Å². The fraction of sp³-hybridized carbons (Fsp3) is 0.524. The van der Waals surface area contributed by atoms with Crippen LogP contribution in [0.4, 0.5) is 13.2 Å². The lowest BCUT2D eigenvalue weighted by Gasteiger charge is -2.36. The molecule has 2 atom stereocenters. The monoisotopic (exact) mass is 458 g/mol. The molecule has 1 aliphatic rings. The zero-order chi connectivity index (χ0) is 22.4. The van der Waals surface area contributed by atoms with Crippen LogP contribution < -0.4 is 4.74 Å². The van der Waals surface area contributed by atoms with Gasteiger partial charge < -0.3 is 14.2 Å². The van der Waals surface area contributed by atoms with Crippen molar-refractivity contribution in [3.63, 3.8) is 0 Å². The fourth-order valence-corrected chi connectivity index (χ4v) is 4.08. The predicted octanol–water partition coefficient (Wildman–Crippen LogP) is 4.11. The Morgan fingerprint density at radius 2 is 2.10 bits per heavy atom. The van der Waals surface area contributed by atoms with Gasteiger partial charge in [-0.3, -0.25) is 4.90 Å². The smallest absolute Gasteiger partial charge is 0.443 e. The highest BCUT2D eigenvalue weighted by Gasteiger charge is 2.36. The van der Waals surface area contributed by atoms with Crippen LogP contribution in [0.25, 0.3) is 0 Å². The molecule has 0 radical (unpaired) electrons. The Balaban J connectivity index is 1.53. The molecule has 1 saturated heterocycles. The van der Waals surface area contributed by atoms with E-state index in [0.717, 1.165) is 12.0 Å². The van der Waals surface area contributed by atoms with Gasteiger partial charge in [0.2, 0.25) is 0 Å². The van der Waals surface area contributed by atoms with Gasteiger partial charge in [-0.05, 0) is 38.0 Å². The highest BCUT2D eigenvalue weighted by Crippen LogP contribution is 2.34. The van der Waals surface area contributed by atoms with Gasteiger partial charge in [-0.15, -0.1) is 11.3 Å². The number of alkyl halides is 3. The molecule has 0 aliphatic carbocycles. The first kappa shape index (κ1) is 23.5. The molecule has 1 aliphatic heterocycles. The first-order chi connectivity index (χ1) is 14.8. The van der Waals surface area contributed by atoms with Gasteiger partial charge in [0.1, 0.15) is 11.9 Å². The standard InChI is InChI=1S/C21H25F3N2O4S/c1-3-28-19(27)12-30-16-6-4-15(5-7-16)10-14(2)26-8-9-29-18(11-26)17-13-31-20(25-17)21(22,23)24/h4-7,13-14,18H,3,8-12H2,1-2H3. The number of ether oxygens (including phenoxy) is 3. The third kappa shape index (κ3) is 6.65. The second kappa shape index (κ2) is 10.4. The van der Waals surface area contributed by atoms with E-state index in [9.17, 15) is 18.0 Å². The Hall–Kier alpha value is -2.17. The number of esters is 1. The van der Waals surface area contributed by atoms with Crippen molar-refractivity contribution in [1.29, 1.82) is 0 Å². The molecule has 0 amide bonds. The number of aromatic nitrogens is 1. The summed E-state index contributed by atoms with van der Waals surface area (Å²) in [4.78, 5) is 17.3. The van der Waals surface area contributed by atoms with E-state index >= 15 is 0 Å². The van der Waals surface area contributed by atoms with Crippen molar-refractivity contribution < 1.29 is 32.2 Å². The molecule has 1 fully saturated rings. The Bertz CT molecular complexity index is 857. The molecule has 2 unspecified atom stereocenters. The number of halogens is 3. The summed E-state index contributed by atoms with van der Waals surface area (Å²) in [6, 6.07) is 7.64. The van der Waals surface area contributed by atoms with Crippen molar-refractivity contribution in [2.45, 2.75) is 38.6 Å². The number of thiazole rings is 1. The molecule has 31 heavy (non-hydrogen) atoms. The number of benzene rings is 1. The second-order valence-electron chi connectivity index (χ2n) is 7.22. The second-order valence-corrected chi connectivity index (χ2v) is 8.08. The van der Waals surface area contributed by atoms with Crippen LogP contribution in [0.2, 0.25) is 0 Å². The largest absolute Gasteiger partial charge is 0.482 e. The van der Waals surface area contributed by atoms with Crippen LogP contribution in [0, 0.1) is 0 Å². The first-order valence-corrected chi connectivity index (χ1v) is 10.9. The van der Waals surface area contributed by atoms with E-state index in [1.54, 1.807) is 19.1 Å². The normalized spacial score (nSPS) is 18.5. The molecule has 170 valence electrons. The van der Waals surface area contributed by atoms with E-state index in [4.69, 9.17) is 14.2 Å². The molecule has 0 spiro atoms. The molecule has 1 aromatic carbocycles. The van der Waals surface area contributed by atoms with Gasteiger partial charge in [0, 0.05) is 24.5 Å². The van der Waals surface area contributed by atoms with Crippen LogP contribution in [-0.4, -0.2) is 54.8 Å². The number of carbonyl (C=O) groups excluding carboxylic acids is 1. The van der Waals surface area contributed by atoms with Gasteiger partial charge in [0.05, 0.1) is 18.9 Å². The number of carbonyl (C=O) groups is 1. The summed E-state index contributed by atoms with van der Waals surface area (Å²) in [7, 11) is 0. The summed E-state index contributed by atoms with van der Waals surface area (Å²) in [5.74, 6) is 0.171. The average Bonchev–Trinajstić information content (AvgIpc) is 3.25. The number of morpholine rings is 1. The molecule has 0 N–H and O–H groups in total. The zero-order valence-electron chi connectivity index (χ0n) is 17.4. The molecule has 2 aromatic rings. The lowest BCUT2D eigenvalue weighted by Crippen LogP contribution is -2.44. The average molecular weight is 459 g/mol. The molecule has 10 heteroatoms. The molecule has 1 aromatic heterocycles. The van der Waals surface area contributed by atoms with Crippen LogP contribution in [0.5, 0.6) is 5.75 Å². The summed E-state index contributed by atoms with van der Waals surface area (Å²) >= 11 is 0.597. The highest BCUT2D eigenvalue weighted by molar-refractivity contribution is 7.09. The molecule has 0 saturated carbocycles. The number of hydrogen-bond donors (Lipinski definition) is 0. The maximum absolute atomic E-state index is 12.8.